The predicted octanol–water partition coefficient (Wildman–Crippen LogP) is 2.57. The maximum atomic E-state index is 14.3. The van der Waals surface area contributed by atoms with Crippen molar-refractivity contribution in [3.8, 4) is 0 Å². The summed E-state index contributed by atoms with van der Waals surface area (Å²) in [5.41, 5.74) is 1.06. The summed E-state index contributed by atoms with van der Waals surface area (Å²) in [6.45, 7) is 2.16. The molecular formula is C20H29F2IN6O. The largest absolute Gasteiger partial charge is 0.370 e. The third-order valence-corrected chi connectivity index (χ3v) is 5.08. The molecule has 2 aromatic rings. The SMILES string of the molecule is CN=C(NCC(c1c(F)cccc1F)N(C)C)N1CCOC(c2cnn(C)c2)C1.I. The topological polar surface area (TPSA) is 57.9 Å². The van der Waals surface area contributed by atoms with E-state index in [9.17, 15) is 8.78 Å². The Morgan fingerprint density at radius 2 is 2.07 bits per heavy atom. The Morgan fingerprint density at radius 3 is 2.63 bits per heavy atom. The van der Waals surface area contributed by atoms with Crippen LogP contribution >= 0.6 is 24.0 Å². The molecule has 1 aromatic carbocycles. The summed E-state index contributed by atoms with van der Waals surface area (Å²) in [6, 6.07) is 3.46. The molecule has 30 heavy (non-hydrogen) atoms. The highest BCUT2D eigenvalue weighted by molar-refractivity contribution is 14.0. The number of rotatable bonds is 5. The molecule has 10 heteroatoms. The summed E-state index contributed by atoms with van der Waals surface area (Å²) in [7, 11) is 7.17. The number of guanidine groups is 1. The summed E-state index contributed by atoms with van der Waals surface area (Å²) in [4.78, 5) is 8.24. The highest BCUT2D eigenvalue weighted by atomic mass is 127. The molecule has 1 aromatic heterocycles. The van der Waals surface area contributed by atoms with Crippen molar-refractivity contribution in [2.24, 2.45) is 12.0 Å². The van der Waals surface area contributed by atoms with Crippen molar-refractivity contribution in [2.75, 3.05) is 47.4 Å². The number of nitrogens with one attached hydrogen (secondary N) is 1. The molecular weight excluding hydrogens is 505 g/mol. The van der Waals surface area contributed by atoms with E-state index >= 15 is 0 Å². The first-order chi connectivity index (χ1) is 13.9. The minimum absolute atomic E-state index is 0. The molecule has 1 N–H and O–H groups in total. The van der Waals surface area contributed by atoms with Crippen LogP contribution in [0.3, 0.4) is 0 Å². The van der Waals surface area contributed by atoms with Crippen LogP contribution in [-0.4, -0.2) is 72.9 Å². The number of hydrogen-bond acceptors (Lipinski definition) is 4. The molecule has 1 fully saturated rings. The van der Waals surface area contributed by atoms with Gasteiger partial charge in [-0.05, 0) is 26.2 Å². The van der Waals surface area contributed by atoms with E-state index in [0.717, 1.165) is 5.56 Å². The molecule has 1 saturated heterocycles. The molecule has 2 heterocycles. The van der Waals surface area contributed by atoms with Gasteiger partial charge in [-0.15, -0.1) is 24.0 Å². The first-order valence-electron chi connectivity index (χ1n) is 9.56. The van der Waals surface area contributed by atoms with Crippen molar-refractivity contribution in [1.82, 2.24) is 24.9 Å². The van der Waals surface area contributed by atoms with Crippen molar-refractivity contribution in [3.63, 3.8) is 0 Å². The number of aryl methyl sites for hydroxylation is 1. The fourth-order valence-corrected chi connectivity index (χ4v) is 3.54. The zero-order valence-corrected chi connectivity index (χ0v) is 20.0. The van der Waals surface area contributed by atoms with E-state index in [4.69, 9.17) is 4.74 Å². The monoisotopic (exact) mass is 534 g/mol. The van der Waals surface area contributed by atoms with Gasteiger partial charge < -0.3 is 19.9 Å². The number of aromatic nitrogens is 2. The third-order valence-electron chi connectivity index (χ3n) is 5.08. The smallest absolute Gasteiger partial charge is 0.193 e. The number of halogens is 3. The van der Waals surface area contributed by atoms with Crippen molar-refractivity contribution in [2.45, 2.75) is 12.1 Å². The van der Waals surface area contributed by atoms with Crippen molar-refractivity contribution in [1.29, 1.82) is 0 Å². The van der Waals surface area contributed by atoms with Gasteiger partial charge in [0, 0.05) is 44.5 Å². The Balaban J connectivity index is 0.00000320. The number of nitrogens with zero attached hydrogens (tertiary/aromatic N) is 5. The number of aliphatic imine (C=N–C) groups is 1. The normalized spacial score (nSPS) is 18.3. The van der Waals surface area contributed by atoms with Gasteiger partial charge in [0.05, 0.1) is 25.4 Å². The first-order valence-corrected chi connectivity index (χ1v) is 9.56. The van der Waals surface area contributed by atoms with Crippen LogP contribution in [0.4, 0.5) is 8.78 Å². The minimum Gasteiger partial charge on any atom is -0.370 e. The van der Waals surface area contributed by atoms with E-state index in [2.05, 4.69) is 20.3 Å². The molecule has 1 aliphatic heterocycles. The van der Waals surface area contributed by atoms with E-state index in [-0.39, 0.29) is 35.6 Å². The summed E-state index contributed by atoms with van der Waals surface area (Å²) in [5.74, 6) is -0.433. The lowest BCUT2D eigenvalue weighted by molar-refractivity contribution is -0.00811. The molecule has 1 aliphatic rings. The van der Waals surface area contributed by atoms with E-state index in [0.29, 0.717) is 32.2 Å². The summed E-state index contributed by atoms with van der Waals surface area (Å²) in [5, 5.41) is 7.48. The van der Waals surface area contributed by atoms with Crippen LogP contribution in [0.1, 0.15) is 23.3 Å². The number of likely N-dealkylation sites (N-methyl/N-ethyl adjacent to an activating group) is 1. The minimum atomic E-state index is -0.552. The lowest BCUT2D eigenvalue weighted by Gasteiger charge is -2.35. The van der Waals surface area contributed by atoms with Gasteiger partial charge in [-0.1, -0.05) is 6.07 Å². The molecule has 0 aliphatic carbocycles. The molecule has 0 spiro atoms. The van der Waals surface area contributed by atoms with Crippen molar-refractivity contribution < 1.29 is 13.5 Å². The third kappa shape index (κ3) is 5.67. The van der Waals surface area contributed by atoms with Gasteiger partial charge in [-0.3, -0.25) is 9.67 Å². The average Bonchev–Trinajstić information content (AvgIpc) is 3.13. The number of ether oxygens (including phenoxy) is 1. The second-order valence-corrected chi connectivity index (χ2v) is 7.30. The van der Waals surface area contributed by atoms with Crippen LogP contribution in [0, 0.1) is 11.6 Å². The summed E-state index contributed by atoms with van der Waals surface area (Å²) >= 11 is 0. The van der Waals surface area contributed by atoms with Crippen LogP contribution < -0.4 is 5.32 Å². The summed E-state index contributed by atoms with van der Waals surface area (Å²) in [6.07, 6.45) is 3.63. The molecule has 3 rings (SSSR count). The van der Waals surface area contributed by atoms with E-state index in [1.54, 1.807) is 36.9 Å². The second kappa shape index (κ2) is 11.0. The Bertz CT molecular complexity index is 839. The lowest BCUT2D eigenvalue weighted by atomic mass is 10.0. The van der Waals surface area contributed by atoms with Gasteiger partial charge in [0.1, 0.15) is 17.7 Å². The second-order valence-electron chi connectivity index (χ2n) is 7.30. The van der Waals surface area contributed by atoms with Crippen LogP contribution in [0.5, 0.6) is 0 Å². The summed E-state index contributed by atoms with van der Waals surface area (Å²) < 4.78 is 36.2. The fourth-order valence-electron chi connectivity index (χ4n) is 3.54. The van der Waals surface area contributed by atoms with Crippen LogP contribution in [-0.2, 0) is 11.8 Å². The van der Waals surface area contributed by atoms with E-state index in [1.807, 2.05) is 13.2 Å². The zero-order chi connectivity index (χ0) is 21.0. The number of benzene rings is 1. The Kier molecular flexibility index (Phi) is 8.98. The molecule has 0 amide bonds. The molecule has 0 saturated carbocycles. The van der Waals surface area contributed by atoms with Gasteiger partial charge in [-0.25, -0.2) is 8.78 Å². The number of morpholine rings is 1. The van der Waals surface area contributed by atoms with E-state index < -0.39 is 17.7 Å². The maximum absolute atomic E-state index is 14.3. The zero-order valence-electron chi connectivity index (χ0n) is 17.7. The molecule has 2 atom stereocenters. The van der Waals surface area contributed by atoms with Crippen molar-refractivity contribution >= 4 is 29.9 Å². The average molecular weight is 534 g/mol. The Labute approximate surface area is 193 Å². The van der Waals surface area contributed by atoms with Gasteiger partial charge in [0.25, 0.3) is 0 Å². The van der Waals surface area contributed by atoms with Gasteiger partial charge >= 0.3 is 0 Å². The van der Waals surface area contributed by atoms with Gasteiger partial charge in [-0.2, -0.15) is 5.10 Å². The fraction of sp³-hybridized carbons (Fsp3) is 0.500. The van der Waals surface area contributed by atoms with Gasteiger partial charge in [0.2, 0.25) is 0 Å². The Morgan fingerprint density at radius 1 is 1.37 bits per heavy atom. The van der Waals surface area contributed by atoms with Crippen molar-refractivity contribution in [3.05, 3.63) is 53.4 Å². The molecule has 166 valence electrons. The molecule has 2 unspecified atom stereocenters. The molecule has 0 radical (unpaired) electrons. The Hall–Kier alpha value is -1.79. The predicted molar refractivity (Wildman–Crippen MR) is 123 cm³/mol. The first kappa shape index (κ1) is 24.5. The molecule has 7 nitrogen and oxygen atoms in total. The maximum Gasteiger partial charge on any atom is 0.193 e. The van der Waals surface area contributed by atoms with Gasteiger partial charge in [0.15, 0.2) is 5.96 Å². The quantitative estimate of drug-likeness (QED) is 0.363. The van der Waals surface area contributed by atoms with E-state index in [1.165, 1.54) is 18.2 Å². The highest BCUT2D eigenvalue weighted by Crippen LogP contribution is 2.25. The standard InChI is InChI=1S/C20H28F2N6O.HI/c1-23-20(28-8-9-29-18(13-28)14-10-25-27(4)12-14)24-11-17(26(2)3)19-15(21)6-5-7-16(19)22;/h5-7,10,12,17-18H,8-9,11,13H2,1-4H3,(H,23,24);1H. The lowest BCUT2D eigenvalue weighted by Crippen LogP contribution is -2.49. The van der Waals surface area contributed by atoms with Crippen LogP contribution in [0.2, 0.25) is 0 Å². The highest BCUT2D eigenvalue weighted by Gasteiger charge is 2.27. The molecule has 0 bridgehead atoms. The van der Waals surface area contributed by atoms with Crippen LogP contribution in [0.25, 0.3) is 0 Å². The van der Waals surface area contributed by atoms with Crippen LogP contribution in [0.15, 0.2) is 35.6 Å². The number of hydrogen-bond donors (Lipinski definition) is 1.